The second-order valence-electron chi connectivity index (χ2n) is 6.52. The van der Waals surface area contributed by atoms with E-state index in [1.165, 1.54) is 38.5 Å². The van der Waals surface area contributed by atoms with Crippen LogP contribution in [0, 0.1) is 18.8 Å². The quantitative estimate of drug-likeness (QED) is 0.625. The van der Waals surface area contributed by atoms with E-state index in [1.54, 1.807) is 0 Å². The van der Waals surface area contributed by atoms with Gasteiger partial charge in [-0.15, -0.1) is 0 Å². The van der Waals surface area contributed by atoms with E-state index in [4.69, 9.17) is 17.4 Å². The molecule has 1 heterocycles. The third kappa shape index (κ3) is 3.99. The highest BCUT2D eigenvalue weighted by Gasteiger charge is 2.28. The van der Waals surface area contributed by atoms with Crippen molar-refractivity contribution < 1.29 is 0 Å². The van der Waals surface area contributed by atoms with Crippen molar-refractivity contribution in [3.63, 3.8) is 0 Å². The van der Waals surface area contributed by atoms with Gasteiger partial charge in [-0.05, 0) is 31.6 Å². The lowest BCUT2D eigenvalue weighted by molar-refractivity contribution is 0.211. The van der Waals surface area contributed by atoms with Gasteiger partial charge in [0.2, 0.25) is 0 Å². The van der Waals surface area contributed by atoms with E-state index in [0.717, 1.165) is 28.7 Å². The molecule has 1 aromatic rings. The summed E-state index contributed by atoms with van der Waals surface area (Å²) < 4.78 is 1.89. The van der Waals surface area contributed by atoms with E-state index in [1.807, 2.05) is 18.7 Å². The first-order valence-corrected chi connectivity index (χ1v) is 8.58. The summed E-state index contributed by atoms with van der Waals surface area (Å²) in [4.78, 5) is 0. The van der Waals surface area contributed by atoms with E-state index in [-0.39, 0.29) is 0 Å². The zero-order valence-corrected chi connectivity index (χ0v) is 14.3. The minimum atomic E-state index is 0.292. The van der Waals surface area contributed by atoms with E-state index in [9.17, 15) is 0 Å². The fourth-order valence-electron chi connectivity index (χ4n) is 3.76. The van der Waals surface area contributed by atoms with Crippen LogP contribution in [0.1, 0.15) is 56.8 Å². The summed E-state index contributed by atoms with van der Waals surface area (Å²) in [6, 6.07) is 0.292. The first-order valence-electron chi connectivity index (χ1n) is 8.20. The Labute approximate surface area is 133 Å². The number of nitrogens with two attached hydrogens (primary N) is 1. The Morgan fingerprint density at radius 1 is 1.38 bits per heavy atom. The molecule has 1 aliphatic carbocycles. The third-order valence-corrected chi connectivity index (χ3v) is 5.54. The number of aromatic nitrogens is 2. The number of nitrogens with zero attached hydrogens (tertiary/aromatic N) is 2. The molecule has 1 aromatic heterocycles. The van der Waals surface area contributed by atoms with Crippen molar-refractivity contribution in [3.05, 3.63) is 16.4 Å². The summed E-state index contributed by atoms with van der Waals surface area (Å²) >= 11 is 6.37. The van der Waals surface area contributed by atoms with Crippen molar-refractivity contribution in [1.82, 2.24) is 15.2 Å². The smallest absolute Gasteiger partial charge is 0.0847 e. The molecular weight excluding hydrogens is 284 g/mol. The number of aryl methyl sites for hydroxylation is 2. The fraction of sp³-hybridized carbons (Fsp3) is 0.812. The Bertz CT molecular complexity index is 449. The van der Waals surface area contributed by atoms with Crippen LogP contribution in [0.15, 0.2) is 0 Å². The van der Waals surface area contributed by atoms with Gasteiger partial charge in [-0.25, -0.2) is 0 Å². The highest BCUT2D eigenvalue weighted by Crippen LogP contribution is 2.34. The molecule has 1 aliphatic rings. The molecule has 2 rings (SSSR count). The van der Waals surface area contributed by atoms with Crippen molar-refractivity contribution in [2.45, 2.75) is 64.8 Å². The van der Waals surface area contributed by atoms with Gasteiger partial charge in [-0.2, -0.15) is 5.10 Å². The van der Waals surface area contributed by atoms with Crippen LogP contribution >= 0.6 is 11.6 Å². The Balaban J connectivity index is 1.97. The molecule has 1 fully saturated rings. The Hall–Kier alpha value is -0.580. The summed E-state index contributed by atoms with van der Waals surface area (Å²) in [5.74, 6) is 7.40. The molecule has 21 heavy (non-hydrogen) atoms. The number of hydrogen-bond acceptors (Lipinski definition) is 3. The molecule has 5 heteroatoms. The summed E-state index contributed by atoms with van der Waals surface area (Å²) in [6.07, 6.45) is 8.76. The molecule has 0 bridgehead atoms. The van der Waals surface area contributed by atoms with Gasteiger partial charge in [0.1, 0.15) is 0 Å². The van der Waals surface area contributed by atoms with Crippen LogP contribution in [-0.2, 0) is 13.5 Å². The standard InChI is InChI=1S/C16H29ClN4/c1-4-5-12-6-8-13(9-7-12)14(19-18)10-15-16(17)11(2)20-21(15)3/h12-14,19H,4-10,18H2,1-3H3. The van der Waals surface area contributed by atoms with E-state index in [2.05, 4.69) is 17.4 Å². The normalized spacial score (nSPS) is 24.2. The highest BCUT2D eigenvalue weighted by molar-refractivity contribution is 6.31. The lowest BCUT2D eigenvalue weighted by Gasteiger charge is -2.33. The van der Waals surface area contributed by atoms with Crippen molar-refractivity contribution in [3.8, 4) is 0 Å². The predicted molar refractivity (Wildman–Crippen MR) is 88.1 cm³/mol. The first-order chi connectivity index (χ1) is 10.1. The second kappa shape index (κ2) is 7.61. The van der Waals surface area contributed by atoms with Gasteiger partial charge >= 0.3 is 0 Å². The van der Waals surface area contributed by atoms with Crippen LogP contribution in [0.3, 0.4) is 0 Å². The SMILES string of the molecule is CCCC1CCC(C(Cc2c(Cl)c(C)nn2C)NN)CC1. The van der Waals surface area contributed by atoms with Crippen LogP contribution in [-0.4, -0.2) is 15.8 Å². The average molecular weight is 313 g/mol. The van der Waals surface area contributed by atoms with Crippen LogP contribution in [0.4, 0.5) is 0 Å². The number of rotatable bonds is 6. The van der Waals surface area contributed by atoms with Crippen LogP contribution in [0.5, 0.6) is 0 Å². The Kier molecular flexibility index (Phi) is 6.08. The molecule has 4 nitrogen and oxygen atoms in total. The minimum absolute atomic E-state index is 0.292. The monoisotopic (exact) mass is 312 g/mol. The summed E-state index contributed by atoms with van der Waals surface area (Å²) in [5, 5.41) is 5.18. The van der Waals surface area contributed by atoms with Gasteiger partial charge in [0.25, 0.3) is 0 Å². The molecule has 0 saturated heterocycles. The maximum atomic E-state index is 6.37. The number of hydrazine groups is 1. The van der Waals surface area contributed by atoms with E-state index >= 15 is 0 Å². The largest absolute Gasteiger partial charge is 0.271 e. The van der Waals surface area contributed by atoms with Crippen molar-refractivity contribution in [1.29, 1.82) is 0 Å². The Morgan fingerprint density at radius 2 is 2.05 bits per heavy atom. The van der Waals surface area contributed by atoms with E-state index in [0.29, 0.717) is 12.0 Å². The molecule has 0 aliphatic heterocycles. The topological polar surface area (TPSA) is 55.9 Å². The Morgan fingerprint density at radius 3 is 2.52 bits per heavy atom. The van der Waals surface area contributed by atoms with Crippen molar-refractivity contribution >= 4 is 11.6 Å². The van der Waals surface area contributed by atoms with Crippen LogP contribution in [0.2, 0.25) is 5.02 Å². The first kappa shape index (κ1) is 16.8. The van der Waals surface area contributed by atoms with Gasteiger partial charge < -0.3 is 0 Å². The molecule has 1 unspecified atom stereocenters. The highest BCUT2D eigenvalue weighted by atomic mass is 35.5. The molecule has 120 valence electrons. The second-order valence-corrected chi connectivity index (χ2v) is 6.89. The average Bonchev–Trinajstić information content (AvgIpc) is 2.72. The summed E-state index contributed by atoms with van der Waals surface area (Å²) in [6.45, 7) is 4.23. The van der Waals surface area contributed by atoms with Gasteiger partial charge in [0, 0.05) is 19.5 Å². The molecule has 1 atom stereocenters. The molecule has 0 radical (unpaired) electrons. The fourth-order valence-corrected chi connectivity index (χ4v) is 4.00. The summed E-state index contributed by atoms with van der Waals surface area (Å²) in [7, 11) is 1.96. The summed E-state index contributed by atoms with van der Waals surface area (Å²) in [5.41, 5.74) is 5.02. The van der Waals surface area contributed by atoms with Crippen LogP contribution < -0.4 is 11.3 Å². The van der Waals surface area contributed by atoms with Gasteiger partial charge in [0.15, 0.2) is 0 Å². The van der Waals surface area contributed by atoms with Gasteiger partial charge in [-0.3, -0.25) is 16.0 Å². The maximum absolute atomic E-state index is 6.37. The number of halogens is 1. The molecule has 0 aromatic carbocycles. The molecule has 3 N–H and O–H groups in total. The lowest BCUT2D eigenvalue weighted by atomic mass is 9.76. The molecule has 0 amide bonds. The van der Waals surface area contributed by atoms with Crippen molar-refractivity contribution in [2.24, 2.45) is 24.7 Å². The third-order valence-electron chi connectivity index (χ3n) is 5.05. The number of hydrogen-bond donors (Lipinski definition) is 2. The maximum Gasteiger partial charge on any atom is 0.0847 e. The zero-order chi connectivity index (χ0) is 15.4. The predicted octanol–water partition coefficient (Wildman–Crippen LogP) is 3.36. The van der Waals surface area contributed by atoms with Crippen LogP contribution in [0.25, 0.3) is 0 Å². The van der Waals surface area contributed by atoms with Gasteiger partial charge in [0.05, 0.1) is 16.4 Å². The van der Waals surface area contributed by atoms with Gasteiger partial charge in [-0.1, -0.05) is 44.2 Å². The van der Waals surface area contributed by atoms with E-state index < -0.39 is 0 Å². The lowest BCUT2D eigenvalue weighted by Crippen LogP contribution is -2.44. The van der Waals surface area contributed by atoms with Crippen molar-refractivity contribution in [2.75, 3.05) is 0 Å². The molecule has 1 saturated carbocycles. The number of nitrogens with one attached hydrogen (secondary N) is 1. The molecule has 0 spiro atoms. The minimum Gasteiger partial charge on any atom is -0.271 e. The zero-order valence-electron chi connectivity index (χ0n) is 13.5. The molecular formula is C16H29ClN4.